The Morgan fingerprint density at radius 1 is 1.41 bits per heavy atom. The largest absolute Gasteiger partial charge is 0.376 e. The number of nitrogens with one attached hydrogen (secondary N) is 1. The summed E-state index contributed by atoms with van der Waals surface area (Å²) in [6.07, 6.45) is 1.03. The summed E-state index contributed by atoms with van der Waals surface area (Å²) in [5.74, 6) is 0. The van der Waals surface area contributed by atoms with Gasteiger partial charge in [-0.25, -0.2) is 0 Å². The van der Waals surface area contributed by atoms with Gasteiger partial charge in [-0.3, -0.25) is 0 Å². The average Bonchev–Trinajstić information content (AvgIpc) is 2.84. The van der Waals surface area contributed by atoms with E-state index in [1.165, 1.54) is 4.88 Å². The molecule has 0 aliphatic heterocycles. The van der Waals surface area contributed by atoms with Crippen LogP contribution in [0.1, 0.15) is 24.3 Å². The van der Waals surface area contributed by atoms with Crippen molar-refractivity contribution in [2.45, 2.75) is 19.4 Å². The van der Waals surface area contributed by atoms with Crippen molar-refractivity contribution in [3.8, 4) is 0 Å². The van der Waals surface area contributed by atoms with Crippen molar-refractivity contribution in [1.29, 1.82) is 0 Å². The molecule has 0 fully saturated rings. The highest BCUT2D eigenvalue weighted by molar-refractivity contribution is 9.10. The predicted molar refractivity (Wildman–Crippen MR) is 80.1 cm³/mol. The third kappa shape index (κ3) is 3.24. The second kappa shape index (κ2) is 5.89. The molecule has 2 aromatic rings. The summed E-state index contributed by atoms with van der Waals surface area (Å²) in [4.78, 5) is 1.34. The van der Waals surface area contributed by atoms with E-state index in [-0.39, 0.29) is 0 Å². The van der Waals surface area contributed by atoms with Crippen LogP contribution in [0.4, 0.5) is 5.69 Å². The first-order chi connectivity index (χ1) is 8.20. The van der Waals surface area contributed by atoms with Crippen molar-refractivity contribution < 1.29 is 0 Å². The van der Waals surface area contributed by atoms with Gasteiger partial charge in [0.1, 0.15) is 0 Å². The van der Waals surface area contributed by atoms with Gasteiger partial charge in [-0.1, -0.05) is 40.5 Å². The topological polar surface area (TPSA) is 12.0 Å². The Balaban J connectivity index is 2.21. The Morgan fingerprint density at radius 2 is 2.24 bits per heavy atom. The van der Waals surface area contributed by atoms with Crippen LogP contribution in [-0.2, 0) is 0 Å². The fourth-order valence-electron chi connectivity index (χ4n) is 1.66. The predicted octanol–water partition coefficient (Wildman–Crippen LogP) is 5.73. The number of halogens is 2. The molecular weight excluding hydrogens is 318 g/mol. The SMILES string of the molecule is CCC(Nc1cc(Br)ccc1Cl)c1cccs1. The zero-order valence-electron chi connectivity index (χ0n) is 9.41. The summed E-state index contributed by atoms with van der Waals surface area (Å²) >= 11 is 11.4. The lowest BCUT2D eigenvalue weighted by Crippen LogP contribution is -2.08. The lowest BCUT2D eigenvalue weighted by Gasteiger charge is -2.18. The van der Waals surface area contributed by atoms with Crippen LogP contribution in [0.5, 0.6) is 0 Å². The number of benzene rings is 1. The molecular formula is C13H13BrClNS. The summed E-state index contributed by atoms with van der Waals surface area (Å²) in [5, 5.41) is 6.34. The first-order valence-electron chi connectivity index (χ1n) is 5.45. The summed E-state index contributed by atoms with van der Waals surface area (Å²) in [6.45, 7) is 2.17. The van der Waals surface area contributed by atoms with Crippen molar-refractivity contribution in [1.82, 2.24) is 0 Å². The van der Waals surface area contributed by atoms with E-state index < -0.39 is 0 Å². The molecule has 1 heterocycles. The molecule has 1 atom stereocenters. The van der Waals surface area contributed by atoms with Gasteiger partial charge in [0.15, 0.2) is 0 Å². The number of anilines is 1. The van der Waals surface area contributed by atoms with Crippen LogP contribution in [0.25, 0.3) is 0 Å². The Hall–Kier alpha value is -0.510. The second-order valence-corrected chi connectivity index (χ2v) is 6.05. The number of thiophene rings is 1. The maximum atomic E-state index is 6.18. The van der Waals surface area contributed by atoms with Crippen LogP contribution in [0.15, 0.2) is 40.2 Å². The van der Waals surface area contributed by atoms with Crippen LogP contribution in [0.2, 0.25) is 5.02 Å². The fraction of sp³-hybridized carbons (Fsp3) is 0.231. The smallest absolute Gasteiger partial charge is 0.0638 e. The van der Waals surface area contributed by atoms with E-state index in [1.807, 2.05) is 18.2 Å². The molecule has 17 heavy (non-hydrogen) atoms. The number of rotatable bonds is 4. The maximum absolute atomic E-state index is 6.18. The molecule has 4 heteroatoms. The Labute approximate surface area is 119 Å². The zero-order valence-corrected chi connectivity index (χ0v) is 12.6. The van der Waals surface area contributed by atoms with Gasteiger partial charge in [-0.05, 0) is 36.1 Å². The molecule has 0 bridgehead atoms. The van der Waals surface area contributed by atoms with Crippen molar-refractivity contribution in [2.24, 2.45) is 0 Å². The Bertz CT molecular complexity index is 484. The van der Waals surface area contributed by atoms with Crippen LogP contribution in [0.3, 0.4) is 0 Å². The molecule has 0 radical (unpaired) electrons. The van der Waals surface area contributed by atoms with Gasteiger partial charge in [0.2, 0.25) is 0 Å². The minimum atomic E-state index is 0.321. The normalized spacial score (nSPS) is 12.4. The van der Waals surface area contributed by atoms with Crippen molar-refractivity contribution in [3.05, 3.63) is 50.1 Å². The molecule has 1 aromatic carbocycles. The zero-order chi connectivity index (χ0) is 12.3. The summed E-state index contributed by atoms with van der Waals surface area (Å²) in [6, 6.07) is 10.4. The molecule has 0 saturated heterocycles. The molecule has 90 valence electrons. The third-order valence-corrected chi connectivity index (χ3v) is 4.36. The van der Waals surface area contributed by atoms with Gasteiger partial charge in [-0.15, -0.1) is 11.3 Å². The molecule has 0 spiro atoms. The number of hydrogen-bond acceptors (Lipinski definition) is 2. The maximum Gasteiger partial charge on any atom is 0.0638 e. The van der Waals surface area contributed by atoms with Crippen molar-refractivity contribution in [3.63, 3.8) is 0 Å². The second-order valence-electron chi connectivity index (χ2n) is 3.74. The summed E-state index contributed by atoms with van der Waals surface area (Å²) < 4.78 is 1.03. The highest BCUT2D eigenvalue weighted by atomic mass is 79.9. The van der Waals surface area contributed by atoms with E-state index in [1.54, 1.807) is 11.3 Å². The molecule has 0 aliphatic carbocycles. The van der Waals surface area contributed by atoms with E-state index in [9.17, 15) is 0 Å². The highest BCUT2D eigenvalue weighted by Gasteiger charge is 2.11. The molecule has 1 unspecified atom stereocenters. The molecule has 0 saturated carbocycles. The standard InChI is InChI=1S/C13H13BrClNS/c1-2-11(13-4-3-7-17-13)16-12-8-9(14)5-6-10(12)15/h3-8,11,16H,2H2,1H3. The average molecular weight is 331 g/mol. The summed E-state index contributed by atoms with van der Waals surface area (Å²) in [7, 11) is 0. The van der Waals surface area contributed by atoms with Crippen LogP contribution < -0.4 is 5.32 Å². The van der Waals surface area contributed by atoms with Gasteiger partial charge >= 0.3 is 0 Å². The quantitative estimate of drug-likeness (QED) is 0.755. The monoisotopic (exact) mass is 329 g/mol. The van der Waals surface area contributed by atoms with Crippen molar-refractivity contribution >= 4 is 44.6 Å². The van der Waals surface area contributed by atoms with Gasteiger partial charge in [0, 0.05) is 9.35 Å². The molecule has 1 aromatic heterocycles. The first kappa shape index (κ1) is 12.9. The fourth-order valence-corrected chi connectivity index (χ4v) is 3.05. The lowest BCUT2D eigenvalue weighted by molar-refractivity contribution is 0.764. The summed E-state index contributed by atoms with van der Waals surface area (Å²) in [5.41, 5.74) is 0.973. The molecule has 1 N–H and O–H groups in total. The Morgan fingerprint density at radius 3 is 2.88 bits per heavy atom. The molecule has 0 amide bonds. The van der Waals surface area contributed by atoms with E-state index in [4.69, 9.17) is 11.6 Å². The van der Waals surface area contributed by atoms with E-state index in [0.29, 0.717) is 6.04 Å². The van der Waals surface area contributed by atoms with E-state index in [0.717, 1.165) is 21.6 Å². The van der Waals surface area contributed by atoms with Gasteiger partial charge < -0.3 is 5.32 Å². The minimum Gasteiger partial charge on any atom is -0.376 e. The van der Waals surface area contributed by atoms with E-state index >= 15 is 0 Å². The molecule has 2 rings (SSSR count). The van der Waals surface area contributed by atoms with Gasteiger partial charge in [0.05, 0.1) is 16.8 Å². The lowest BCUT2D eigenvalue weighted by atomic mass is 10.1. The highest BCUT2D eigenvalue weighted by Crippen LogP contribution is 2.31. The van der Waals surface area contributed by atoms with Gasteiger partial charge in [0.25, 0.3) is 0 Å². The van der Waals surface area contributed by atoms with Crippen LogP contribution in [0, 0.1) is 0 Å². The van der Waals surface area contributed by atoms with Gasteiger partial charge in [-0.2, -0.15) is 0 Å². The van der Waals surface area contributed by atoms with E-state index in [2.05, 4.69) is 45.7 Å². The third-order valence-electron chi connectivity index (χ3n) is 2.55. The first-order valence-corrected chi connectivity index (χ1v) is 7.50. The Kier molecular flexibility index (Phi) is 4.48. The minimum absolute atomic E-state index is 0.321. The van der Waals surface area contributed by atoms with Crippen molar-refractivity contribution in [2.75, 3.05) is 5.32 Å². The van der Waals surface area contributed by atoms with Crippen LogP contribution >= 0.6 is 38.9 Å². The number of hydrogen-bond donors (Lipinski definition) is 1. The molecule has 0 aliphatic rings. The van der Waals surface area contributed by atoms with Crippen LogP contribution in [-0.4, -0.2) is 0 Å². The molecule has 1 nitrogen and oxygen atoms in total.